The third kappa shape index (κ3) is 2.10. The minimum absolute atomic E-state index is 0.136. The number of H-pyrrole nitrogens is 1. The van der Waals surface area contributed by atoms with Crippen molar-refractivity contribution in [2.45, 2.75) is 0 Å². The van der Waals surface area contributed by atoms with E-state index in [0.29, 0.717) is 11.5 Å². The Labute approximate surface area is 132 Å². The number of aromatic amines is 1. The van der Waals surface area contributed by atoms with Crippen LogP contribution >= 0.6 is 0 Å². The second-order valence-electron chi connectivity index (χ2n) is 5.22. The molecule has 0 fully saturated rings. The van der Waals surface area contributed by atoms with Crippen LogP contribution in [0.1, 0.15) is 0 Å². The predicted molar refractivity (Wildman–Crippen MR) is 91.5 cm³/mol. The van der Waals surface area contributed by atoms with E-state index < -0.39 is 0 Å². The smallest absolute Gasteiger partial charge is 0.255 e. The molecule has 4 rings (SSSR count). The molecule has 0 bridgehead atoms. The second-order valence-corrected chi connectivity index (χ2v) is 5.22. The minimum atomic E-state index is -0.136. The number of nitrogens with one attached hydrogen (secondary N) is 1. The summed E-state index contributed by atoms with van der Waals surface area (Å²) in [6.07, 6.45) is 1.62. The maximum atomic E-state index is 12.2. The van der Waals surface area contributed by atoms with Crippen molar-refractivity contribution in [2.75, 3.05) is 5.73 Å². The second kappa shape index (κ2) is 5.14. The molecule has 2 aromatic carbocycles. The highest BCUT2D eigenvalue weighted by atomic mass is 16.1. The standard InChI is InChI=1S/C18H14N4O/c19-18-21-14-8-2-4-10-16(14)22(18)15-9-3-1-6-12(15)13-7-5-11-20-17(13)23/h1-11H,(H2,19,21)(H,20,23). The molecule has 0 spiro atoms. The Bertz CT molecular complexity index is 1060. The maximum absolute atomic E-state index is 12.2. The van der Waals surface area contributed by atoms with E-state index in [1.54, 1.807) is 12.3 Å². The third-order valence-corrected chi connectivity index (χ3v) is 3.84. The minimum Gasteiger partial charge on any atom is -0.369 e. The maximum Gasteiger partial charge on any atom is 0.255 e. The molecule has 112 valence electrons. The first-order valence-electron chi connectivity index (χ1n) is 7.26. The molecule has 0 atom stereocenters. The zero-order chi connectivity index (χ0) is 15.8. The monoisotopic (exact) mass is 302 g/mol. The van der Waals surface area contributed by atoms with Gasteiger partial charge < -0.3 is 10.7 Å². The van der Waals surface area contributed by atoms with Crippen molar-refractivity contribution in [1.82, 2.24) is 14.5 Å². The first-order chi connectivity index (χ1) is 11.3. The summed E-state index contributed by atoms with van der Waals surface area (Å²) in [6.45, 7) is 0. The molecule has 0 amide bonds. The summed E-state index contributed by atoms with van der Waals surface area (Å²) in [7, 11) is 0. The van der Waals surface area contributed by atoms with Crippen LogP contribution in [0.3, 0.4) is 0 Å². The first-order valence-corrected chi connectivity index (χ1v) is 7.26. The molecule has 2 aromatic heterocycles. The number of para-hydroxylation sites is 3. The Morgan fingerprint density at radius 2 is 1.65 bits per heavy atom. The number of hydrogen-bond donors (Lipinski definition) is 2. The van der Waals surface area contributed by atoms with Gasteiger partial charge in [-0.05, 0) is 30.3 Å². The lowest BCUT2D eigenvalue weighted by Crippen LogP contribution is -2.10. The van der Waals surface area contributed by atoms with Gasteiger partial charge in [-0.25, -0.2) is 4.98 Å². The highest BCUT2D eigenvalue weighted by Gasteiger charge is 2.14. The Morgan fingerprint density at radius 3 is 2.52 bits per heavy atom. The van der Waals surface area contributed by atoms with Crippen LogP contribution in [0.5, 0.6) is 0 Å². The fraction of sp³-hybridized carbons (Fsp3) is 0. The zero-order valence-corrected chi connectivity index (χ0v) is 12.2. The lowest BCUT2D eigenvalue weighted by Gasteiger charge is -2.12. The summed E-state index contributed by atoms with van der Waals surface area (Å²) in [6, 6.07) is 19.0. The van der Waals surface area contributed by atoms with Crippen molar-refractivity contribution in [3.8, 4) is 16.8 Å². The van der Waals surface area contributed by atoms with Crippen LogP contribution in [0.4, 0.5) is 5.95 Å². The van der Waals surface area contributed by atoms with E-state index >= 15 is 0 Å². The van der Waals surface area contributed by atoms with E-state index in [0.717, 1.165) is 22.3 Å². The highest BCUT2D eigenvalue weighted by Crippen LogP contribution is 2.29. The highest BCUT2D eigenvalue weighted by molar-refractivity contribution is 5.84. The average Bonchev–Trinajstić information content (AvgIpc) is 2.91. The molecular weight excluding hydrogens is 288 g/mol. The lowest BCUT2D eigenvalue weighted by atomic mass is 10.1. The van der Waals surface area contributed by atoms with Gasteiger partial charge in [0.1, 0.15) is 0 Å². The van der Waals surface area contributed by atoms with Gasteiger partial charge in [0, 0.05) is 17.3 Å². The van der Waals surface area contributed by atoms with E-state index in [4.69, 9.17) is 5.73 Å². The number of imidazole rings is 1. The molecule has 0 radical (unpaired) electrons. The van der Waals surface area contributed by atoms with Crippen molar-refractivity contribution in [2.24, 2.45) is 0 Å². The van der Waals surface area contributed by atoms with Gasteiger partial charge >= 0.3 is 0 Å². The summed E-state index contributed by atoms with van der Waals surface area (Å²) in [5.74, 6) is 0.394. The van der Waals surface area contributed by atoms with Crippen molar-refractivity contribution < 1.29 is 0 Å². The van der Waals surface area contributed by atoms with Crippen LogP contribution < -0.4 is 11.3 Å². The van der Waals surface area contributed by atoms with Gasteiger partial charge in [-0.15, -0.1) is 0 Å². The molecule has 5 heteroatoms. The van der Waals surface area contributed by atoms with Gasteiger partial charge in [0.25, 0.3) is 5.56 Å². The number of nitrogens with two attached hydrogens (primary N) is 1. The van der Waals surface area contributed by atoms with E-state index in [1.807, 2.05) is 59.2 Å². The SMILES string of the molecule is Nc1nc2ccccc2n1-c1ccccc1-c1ccc[nH]c1=O. The van der Waals surface area contributed by atoms with Gasteiger partial charge in [-0.1, -0.05) is 30.3 Å². The number of rotatable bonds is 2. The quantitative estimate of drug-likeness (QED) is 0.597. The van der Waals surface area contributed by atoms with E-state index in [-0.39, 0.29) is 5.56 Å². The molecule has 4 aromatic rings. The zero-order valence-electron chi connectivity index (χ0n) is 12.2. The molecule has 0 aliphatic carbocycles. The average molecular weight is 302 g/mol. The van der Waals surface area contributed by atoms with Crippen molar-refractivity contribution in [3.63, 3.8) is 0 Å². The van der Waals surface area contributed by atoms with Gasteiger partial charge in [0.15, 0.2) is 0 Å². The van der Waals surface area contributed by atoms with Gasteiger partial charge in [0.05, 0.1) is 16.7 Å². The fourth-order valence-electron chi connectivity index (χ4n) is 2.83. The van der Waals surface area contributed by atoms with E-state index in [9.17, 15) is 4.79 Å². The third-order valence-electron chi connectivity index (χ3n) is 3.84. The van der Waals surface area contributed by atoms with Crippen molar-refractivity contribution in [1.29, 1.82) is 0 Å². The molecule has 5 nitrogen and oxygen atoms in total. The van der Waals surface area contributed by atoms with Crippen LogP contribution in [0.25, 0.3) is 27.8 Å². The number of aromatic nitrogens is 3. The Morgan fingerprint density at radius 1 is 0.913 bits per heavy atom. The fourth-order valence-corrected chi connectivity index (χ4v) is 2.83. The molecule has 3 N–H and O–H groups in total. The van der Waals surface area contributed by atoms with Gasteiger partial charge in [0.2, 0.25) is 5.95 Å². The number of benzene rings is 2. The molecule has 0 saturated carbocycles. The number of anilines is 1. The number of fused-ring (bicyclic) bond motifs is 1. The Kier molecular flexibility index (Phi) is 2.98. The molecular formula is C18H14N4O. The van der Waals surface area contributed by atoms with Crippen LogP contribution in [-0.4, -0.2) is 14.5 Å². The van der Waals surface area contributed by atoms with Crippen molar-refractivity contribution >= 4 is 17.0 Å². The summed E-state index contributed by atoms with van der Waals surface area (Å²) < 4.78 is 1.87. The molecule has 0 aliphatic rings. The van der Waals surface area contributed by atoms with E-state index in [1.165, 1.54) is 0 Å². The van der Waals surface area contributed by atoms with Crippen LogP contribution in [0.2, 0.25) is 0 Å². The number of nitrogens with zero attached hydrogens (tertiary/aromatic N) is 2. The number of nitrogen functional groups attached to an aromatic ring is 1. The predicted octanol–water partition coefficient (Wildman–Crippen LogP) is 2.96. The number of hydrogen-bond acceptors (Lipinski definition) is 3. The molecule has 2 heterocycles. The lowest BCUT2D eigenvalue weighted by molar-refractivity contribution is 1.11. The van der Waals surface area contributed by atoms with Gasteiger partial charge in [-0.3, -0.25) is 9.36 Å². The summed E-state index contributed by atoms with van der Waals surface area (Å²) in [4.78, 5) is 19.3. The molecule has 0 unspecified atom stereocenters. The Hall–Kier alpha value is -3.34. The first kappa shape index (κ1) is 13.3. The summed E-state index contributed by atoms with van der Waals surface area (Å²) in [5.41, 5.74) is 9.96. The Balaban J connectivity index is 2.06. The van der Waals surface area contributed by atoms with Gasteiger partial charge in [-0.2, -0.15) is 0 Å². The summed E-state index contributed by atoms with van der Waals surface area (Å²) >= 11 is 0. The molecule has 0 aliphatic heterocycles. The van der Waals surface area contributed by atoms with Crippen LogP contribution in [0, 0.1) is 0 Å². The van der Waals surface area contributed by atoms with Crippen molar-refractivity contribution in [3.05, 3.63) is 77.2 Å². The topological polar surface area (TPSA) is 76.7 Å². The van der Waals surface area contributed by atoms with Crippen LogP contribution in [0.15, 0.2) is 71.7 Å². The van der Waals surface area contributed by atoms with Crippen LogP contribution in [-0.2, 0) is 0 Å². The normalized spacial score (nSPS) is 11.0. The molecule has 0 saturated heterocycles. The summed E-state index contributed by atoms with van der Waals surface area (Å²) in [5, 5.41) is 0. The largest absolute Gasteiger partial charge is 0.369 e. The number of pyridine rings is 1. The molecule has 23 heavy (non-hydrogen) atoms. The van der Waals surface area contributed by atoms with E-state index in [2.05, 4.69) is 9.97 Å².